The highest BCUT2D eigenvalue weighted by molar-refractivity contribution is 7.99. The Morgan fingerprint density at radius 1 is 1.15 bits per heavy atom. The van der Waals surface area contributed by atoms with Crippen LogP contribution in [0.3, 0.4) is 0 Å². The predicted molar refractivity (Wildman–Crippen MR) is 103 cm³/mol. The smallest absolute Gasteiger partial charge is 0.225 e. The van der Waals surface area contributed by atoms with Crippen molar-refractivity contribution in [2.24, 2.45) is 0 Å². The minimum atomic E-state index is -0.254. The highest BCUT2D eigenvalue weighted by Crippen LogP contribution is 2.22. The molecular weight excluding hydrogens is 349 g/mol. The number of amides is 1. The number of benzene rings is 2. The van der Waals surface area contributed by atoms with Crippen LogP contribution in [0.25, 0.3) is 5.69 Å². The molecule has 0 saturated carbocycles. The Morgan fingerprint density at radius 3 is 2.69 bits per heavy atom. The van der Waals surface area contributed by atoms with E-state index in [0.29, 0.717) is 17.1 Å². The molecule has 1 amide bonds. The van der Waals surface area contributed by atoms with Gasteiger partial charge in [-0.05, 0) is 50.2 Å². The zero-order valence-electron chi connectivity index (χ0n) is 14.7. The fourth-order valence-electron chi connectivity index (χ4n) is 2.64. The average molecular weight is 369 g/mol. The summed E-state index contributed by atoms with van der Waals surface area (Å²) in [5, 5.41) is 7.35. The lowest BCUT2D eigenvalue weighted by molar-refractivity contribution is -0.115. The molecule has 0 radical (unpaired) electrons. The summed E-state index contributed by atoms with van der Waals surface area (Å²) in [4.78, 5) is 12.7. The van der Waals surface area contributed by atoms with Gasteiger partial charge in [0, 0.05) is 28.5 Å². The summed E-state index contributed by atoms with van der Waals surface area (Å²) in [5.41, 5.74) is 3.60. The molecule has 0 atom stereocenters. The third kappa shape index (κ3) is 4.52. The van der Waals surface area contributed by atoms with Crippen molar-refractivity contribution in [1.29, 1.82) is 0 Å². The molecule has 0 aliphatic rings. The van der Waals surface area contributed by atoms with Gasteiger partial charge < -0.3 is 5.32 Å². The second-order valence-corrected chi connectivity index (χ2v) is 7.10. The lowest BCUT2D eigenvalue weighted by Gasteiger charge is -2.09. The van der Waals surface area contributed by atoms with Gasteiger partial charge in [0.05, 0.1) is 11.4 Å². The first-order chi connectivity index (χ1) is 12.5. The Hall–Kier alpha value is -2.60. The molecule has 4 nitrogen and oxygen atoms in total. The SMILES string of the molecule is Cc1cc(C)n(-c2cccc(NC(=O)CCSc3ccccc3F)c2)n1. The van der Waals surface area contributed by atoms with Gasteiger partial charge in [-0.3, -0.25) is 4.79 Å². The molecule has 134 valence electrons. The number of nitrogens with zero attached hydrogens (tertiary/aromatic N) is 2. The van der Waals surface area contributed by atoms with Crippen molar-refractivity contribution in [2.45, 2.75) is 25.2 Å². The number of aryl methyl sites for hydroxylation is 2. The minimum Gasteiger partial charge on any atom is -0.326 e. The number of rotatable bonds is 6. The van der Waals surface area contributed by atoms with E-state index in [1.807, 2.05) is 48.9 Å². The van der Waals surface area contributed by atoms with Gasteiger partial charge in [0.25, 0.3) is 0 Å². The number of hydrogen-bond acceptors (Lipinski definition) is 3. The summed E-state index contributed by atoms with van der Waals surface area (Å²) in [7, 11) is 0. The highest BCUT2D eigenvalue weighted by atomic mass is 32.2. The van der Waals surface area contributed by atoms with Crippen LogP contribution in [-0.4, -0.2) is 21.4 Å². The number of carbonyl (C=O) groups excluding carboxylic acids is 1. The second-order valence-electron chi connectivity index (χ2n) is 5.97. The second kappa shape index (κ2) is 8.19. The molecule has 0 unspecified atom stereocenters. The first-order valence-electron chi connectivity index (χ1n) is 8.34. The van der Waals surface area contributed by atoms with Crippen LogP contribution >= 0.6 is 11.8 Å². The van der Waals surface area contributed by atoms with Gasteiger partial charge in [-0.2, -0.15) is 5.10 Å². The molecule has 1 heterocycles. The lowest BCUT2D eigenvalue weighted by Crippen LogP contribution is -2.12. The Kier molecular flexibility index (Phi) is 5.73. The maximum absolute atomic E-state index is 13.6. The van der Waals surface area contributed by atoms with Crippen LogP contribution in [0.2, 0.25) is 0 Å². The number of nitrogens with one attached hydrogen (secondary N) is 1. The molecule has 2 aromatic carbocycles. The molecule has 0 aliphatic heterocycles. The fourth-order valence-corrected chi connectivity index (χ4v) is 3.53. The van der Waals surface area contributed by atoms with Crippen LogP contribution in [0, 0.1) is 19.7 Å². The topological polar surface area (TPSA) is 46.9 Å². The van der Waals surface area contributed by atoms with Gasteiger partial charge in [-0.1, -0.05) is 18.2 Å². The van der Waals surface area contributed by atoms with Gasteiger partial charge >= 0.3 is 0 Å². The van der Waals surface area contributed by atoms with E-state index in [9.17, 15) is 9.18 Å². The maximum atomic E-state index is 13.6. The molecule has 6 heteroatoms. The van der Waals surface area contributed by atoms with Crippen LogP contribution < -0.4 is 5.32 Å². The number of halogens is 1. The number of carbonyl (C=O) groups is 1. The lowest BCUT2D eigenvalue weighted by atomic mass is 10.2. The first-order valence-corrected chi connectivity index (χ1v) is 9.32. The summed E-state index contributed by atoms with van der Waals surface area (Å²) >= 11 is 1.34. The Balaban J connectivity index is 1.59. The summed E-state index contributed by atoms with van der Waals surface area (Å²) in [6.45, 7) is 3.94. The van der Waals surface area contributed by atoms with E-state index in [4.69, 9.17) is 0 Å². The molecule has 0 bridgehead atoms. The zero-order valence-corrected chi connectivity index (χ0v) is 15.5. The summed E-state index contributed by atoms with van der Waals surface area (Å²) in [5.74, 6) is 0.166. The molecule has 3 aromatic rings. The molecule has 1 aromatic heterocycles. The van der Waals surface area contributed by atoms with E-state index < -0.39 is 0 Å². The number of thioether (sulfide) groups is 1. The number of anilines is 1. The van der Waals surface area contributed by atoms with E-state index in [2.05, 4.69) is 10.4 Å². The molecule has 26 heavy (non-hydrogen) atoms. The molecule has 0 spiro atoms. The van der Waals surface area contributed by atoms with Crippen LogP contribution in [0.15, 0.2) is 59.5 Å². The van der Waals surface area contributed by atoms with Crippen molar-refractivity contribution in [3.8, 4) is 5.69 Å². The predicted octanol–water partition coefficient (Wildman–Crippen LogP) is 4.75. The Morgan fingerprint density at radius 2 is 1.96 bits per heavy atom. The third-order valence-electron chi connectivity index (χ3n) is 3.81. The average Bonchev–Trinajstić information content (AvgIpc) is 2.95. The Bertz CT molecular complexity index is 923. The standard InChI is InChI=1S/C20H20FN3OS/c1-14-12-15(2)24(23-14)17-7-5-6-16(13-17)22-20(25)10-11-26-19-9-4-3-8-18(19)21/h3-9,12-13H,10-11H2,1-2H3,(H,22,25). The summed E-state index contributed by atoms with van der Waals surface area (Å²) in [6, 6.07) is 16.2. The zero-order chi connectivity index (χ0) is 18.5. The molecule has 3 rings (SSSR count). The molecule has 1 N–H and O–H groups in total. The molecular formula is C20H20FN3OS. The Labute approximate surface area is 156 Å². The van der Waals surface area contributed by atoms with E-state index in [-0.39, 0.29) is 11.7 Å². The number of aromatic nitrogens is 2. The van der Waals surface area contributed by atoms with Crippen molar-refractivity contribution < 1.29 is 9.18 Å². The van der Waals surface area contributed by atoms with E-state index in [1.54, 1.807) is 18.2 Å². The highest BCUT2D eigenvalue weighted by Gasteiger charge is 2.08. The van der Waals surface area contributed by atoms with Gasteiger partial charge in [-0.25, -0.2) is 9.07 Å². The van der Waals surface area contributed by atoms with Gasteiger partial charge in [0.1, 0.15) is 5.82 Å². The normalized spacial score (nSPS) is 10.7. The van der Waals surface area contributed by atoms with Crippen LogP contribution in [-0.2, 0) is 4.79 Å². The maximum Gasteiger partial charge on any atom is 0.225 e. The van der Waals surface area contributed by atoms with Crippen molar-refractivity contribution in [1.82, 2.24) is 9.78 Å². The van der Waals surface area contributed by atoms with E-state index in [0.717, 1.165) is 22.8 Å². The van der Waals surface area contributed by atoms with E-state index in [1.165, 1.54) is 17.8 Å². The van der Waals surface area contributed by atoms with Gasteiger partial charge in [0.15, 0.2) is 0 Å². The van der Waals surface area contributed by atoms with Crippen LogP contribution in [0.5, 0.6) is 0 Å². The van der Waals surface area contributed by atoms with Gasteiger partial charge in [0.2, 0.25) is 5.91 Å². The number of hydrogen-bond donors (Lipinski definition) is 1. The van der Waals surface area contributed by atoms with Crippen LogP contribution in [0.1, 0.15) is 17.8 Å². The minimum absolute atomic E-state index is 0.0978. The largest absolute Gasteiger partial charge is 0.326 e. The fraction of sp³-hybridized carbons (Fsp3) is 0.200. The molecule has 0 aliphatic carbocycles. The first kappa shape index (κ1) is 18.2. The van der Waals surface area contributed by atoms with Crippen molar-refractivity contribution in [3.63, 3.8) is 0 Å². The molecule has 0 fully saturated rings. The van der Waals surface area contributed by atoms with E-state index >= 15 is 0 Å². The summed E-state index contributed by atoms with van der Waals surface area (Å²) in [6.07, 6.45) is 0.309. The monoisotopic (exact) mass is 369 g/mol. The summed E-state index contributed by atoms with van der Waals surface area (Å²) < 4.78 is 15.4. The van der Waals surface area contributed by atoms with Crippen molar-refractivity contribution in [2.75, 3.05) is 11.1 Å². The quantitative estimate of drug-likeness (QED) is 0.638. The van der Waals surface area contributed by atoms with Crippen molar-refractivity contribution >= 4 is 23.4 Å². The van der Waals surface area contributed by atoms with Crippen LogP contribution in [0.4, 0.5) is 10.1 Å². The van der Waals surface area contributed by atoms with Gasteiger partial charge in [-0.15, -0.1) is 11.8 Å². The third-order valence-corrected chi connectivity index (χ3v) is 4.86. The van der Waals surface area contributed by atoms with Crippen molar-refractivity contribution in [3.05, 3.63) is 71.8 Å². The molecule has 0 saturated heterocycles.